The number of benzene rings is 1. The summed E-state index contributed by atoms with van der Waals surface area (Å²) in [6, 6.07) is 4.30. The third-order valence-electron chi connectivity index (χ3n) is 3.73. The van der Waals surface area contributed by atoms with Crippen molar-refractivity contribution in [3.8, 4) is 5.75 Å². The molecule has 2 N–H and O–H groups in total. The lowest BCUT2D eigenvalue weighted by Gasteiger charge is -2.47. The summed E-state index contributed by atoms with van der Waals surface area (Å²) in [5.41, 5.74) is -0.409. The highest BCUT2D eigenvalue weighted by Crippen LogP contribution is 2.45. The molecule has 1 aromatic rings. The number of phenolic OH excluding ortho intramolecular Hbond substituents is 1. The van der Waals surface area contributed by atoms with Gasteiger partial charge in [-0.3, -0.25) is 4.79 Å². The Hall–Kier alpha value is -1.26. The molecule has 0 unspecified atom stereocenters. The minimum absolute atomic E-state index is 0.0146. The average Bonchev–Trinajstić information content (AvgIpc) is 3.11. The third kappa shape index (κ3) is 1.85. The molecular weight excluding hydrogens is 254 g/mol. The second-order valence-corrected chi connectivity index (χ2v) is 5.61. The molecule has 96 valence electrons. The highest BCUT2D eigenvalue weighted by Gasteiger charge is 2.53. The Balaban J connectivity index is 1.74. The normalized spacial score (nSPS) is 21.6. The van der Waals surface area contributed by atoms with Crippen molar-refractivity contribution in [1.29, 1.82) is 0 Å². The first-order valence-electron chi connectivity index (χ1n) is 6.00. The zero-order chi connectivity index (χ0) is 12.9. The van der Waals surface area contributed by atoms with Crippen LogP contribution in [0.15, 0.2) is 18.2 Å². The van der Waals surface area contributed by atoms with Crippen molar-refractivity contribution in [2.75, 3.05) is 13.1 Å². The average molecular weight is 268 g/mol. The van der Waals surface area contributed by atoms with Gasteiger partial charge in [0, 0.05) is 0 Å². The van der Waals surface area contributed by atoms with E-state index in [2.05, 4.69) is 0 Å². The SMILES string of the molecule is O=C(c1cc(O)ccc1Cl)N1CC(O)(C2CC2)C1. The minimum atomic E-state index is -0.695. The molecule has 0 radical (unpaired) electrons. The van der Waals surface area contributed by atoms with Crippen LogP contribution in [0, 0.1) is 5.92 Å². The van der Waals surface area contributed by atoms with Crippen molar-refractivity contribution in [2.24, 2.45) is 5.92 Å². The van der Waals surface area contributed by atoms with E-state index in [1.807, 2.05) is 0 Å². The molecule has 1 saturated carbocycles. The molecule has 0 atom stereocenters. The molecule has 0 bridgehead atoms. The number of likely N-dealkylation sites (tertiary alicyclic amines) is 1. The number of hydrogen-bond donors (Lipinski definition) is 2. The number of carbonyl (C=O) groups is 1. The van der Waals surface area contributed by atoms with E-state index in [1.54, 1.807) is 4.90 Å². The van der Waals surface area contributed by atoms with E-state index in [0.717, 1.165) is 12.8 Å². The molecule has 1 aliphatic heterocycles. The Morgan fingerprint density at radius 1 is 1.39 bits per heavy atom. The van der Waals surface area contributed by atoms with Crippen molar-refractivity contribution in [2.45, 2.75) is 18.4 Å². The molecule has 1 heterocycles. The number of rotatable bonds is 2. The fourth-order valence-corrected chi connectivity index (χ4v) is 2.68. The van der Waals surface area contributed by atoms with E-state index in [9.17, 15) is 15.0 Å². The van der Waals surface area contributed by atoms with Crippen LogP contribution in [0.25, 0.3) is 0 Å². The summed E-state index contributed by atoms with van der Waals surface area (Å²) in [6.07, 6.45) is 2.09. The maximum atomic E-state index is 12.2. The fourth-order valence-electron chi connectivity index (χ4n) is 2.48. The summed E-state index contributed by atoms with van der Waals surface area (Å²) in [4.78, 5) is 13.7. The van der Waals surface area contributed by atoms with Gasteiger partial charge in [0.05, 0.1) is 23.7 Å². The zero-order valence-electron chi connectivity index (χ0n) is 9.77. The van der Waals surface area contributed by atoms with Crippen LogP contribution in [-0.2, 0) is 0 Å². The second-order valence-electron chi connectivity index (χ2n) is 5.20. The van der Waals surface area contributed by atoms with Gasteiger partial charge in [0.2, 0.25) is 0 Å². The molecular formula is C13H14ClNO3. The van der Waals surface area contributed by atoms with E-state index < -0.39 is 5.60 Å². The predicted octanol–water partition coefficient (Wildman–Crippen LogP) is 1.64. The van der Waals surface area contributed by atoms with Gasteiger partial charge in [-0.2, -0.15) is 0 Å². The number of β-amino-alcohol motifs (C(OH)–C–C–N with tert-alkyl or cyclic N) is 1. The highest BCUT2D eigenvalue weighted by atomic mass is 35.5. The van der Waals surface area contributed by atoms with Crippen LogP contribution in [0.5, 0.6) is 5.75 Å². The van der Waals surface area contributed by atoms with Gasteiger partial charge in [-0.05, 0) is 37.0 Å². The van der Waals surface area contributed by atoms with Crippen LogP contribution >= 0.6 is 11.6 Å². The Labute approximate surface area is 110 Å². The summed E-state index contributed by atoms with van der Waals surface area (Å²) < 4.78 is 0. The predicted molar refractivity (Wildman–Crippen MR) is 66.7 cm³/mol. The Morgan fingerprint density at radius 3 is 2.67 bits per heavy atom. The summed E-state index contributed by atoms with van der Waals surface area (Å²) in [5, 5.41) is 19.9. The summed E-state index contributed by atoms with van der Waals surface area (Å²) in [7, 11) is 0. The molecule has 1 saturated heterocycles. The maximum absolute atomic E-state index is 12.2. The van der Waals surface area contributed by atoms with Crippen molar-refractivity contribution < 1.29 is 15.0 Å². The van der Waals surface area contributed by atoms with Gasteiger partial charge in [0.15, 0.2) is 0 Å². The molecule has 2 fully saturated rings. The summed E-state index contributed by atoms with van der Waals surface area (Å²) >= 11 is 5.94. The third-order valence-corrected chi connectivity index (χ3v) is 4.06. The lowest BCUT2D eigenvalue weighted by Crippen LogP contribution is -2.64. The van der Waals surface area contributed by atoms with Crippen LogP contribution < -0.4 is 0 Å². The van der Waals surface area contributed by atoms with Crippen LogP contribution in [0.1, 0.15) is 23.2 Å². The molecule has 3 rings (SSSR count). The van der Waals surface area contributed by atoms with E-state index in [4.69, 9.17) is 11.6 Å². The number of nitrogens with zero attached hydrogens (tertiary/aromatic N) is 1. The number of aliphatic hydroxyl groups is 1. The van der Waals surface area contributed by atoms with Gasteiger partial charge in [-0.15, -0.1) is 0 Å². The summed E-state index contributed by atoms with van der Waals surface area (Å²) in [6.45, 7) is 0.727. The van der Waals surface area contributed by atoms with Crippen LogP contribution in [0.3, 0.4) is 0 Å². The van der Waals surface area contributed by atoms with Crippen molar-refractivity contribution in [3.63, 3.8) is 0 Å². The molecule has 0 spiro atoms. The van der Waals surface area contributed by atoms with Crippen LogP contribution in [0.2, 0.25) is 5.02 Å². The molecule has 5 heteroatoms. The quantitative estimate of drug-likeness (QED) is 0.856. The maximum Gasteiger partial charge on any atom is 0.255 e. The molecule has 1 aliphatic carbocycles. The standard InChI is InChI=1S/C13H14ClNO3/c14-11-4-3-9(16)5-10(11)12(17)15-6-13(18,7-15)8-1-2-8/h3-5,8,16,18H,1-2,6-7H2. The zero-order valence-corrected chi connectivity index (χ0v) is 10.5. The monoisotopic (exact) mass is 267 g/mol. The van der Waals surface area contributed by atoms with E-state index >= 15 is 0 Å². The first-order valence-corrected chi connectivity index (χ1v) is 6.37. The van der Waals surface area contributed by atoms with Gasteiger partial charge in [-0.25, -0.2) is 0 Å². The highest BCUT2D eigenvalue weighted by molar-refractivity contribution is 6.33. The largest absolute Gasteiger partial charge is 0.508 e. The van der Waals surface area contributed by atoms with Gasteiger partial charge in [0.1, 0.15) is 11.4 Å². The van der Waals surface area contributed by atoms with Gasteiger partial charge in [0.25, 0.3) is 5.91 Å². The van der Waals surface area contributed by atoms with Gasteiger partial charge < -0.3 is 15.1 Å². The topological polar surface area (TPSA) is 60.8 Å². The van der Waals surface area contributed by atoms with Crippen LogP contribution in [0.4, 0.5) is 0 Å². The van der Waals surface area contributed by atoms with Crippen molar-refractivity contribution in [3.05, 3.63) is 28.8 Å². The lowest BCUT2D eigenvalue weighted by atomic mass is 9.88. The van der Waals surface area contributed by atoms with Gasteiger partial charge in [-0.1, -0.05) is 11.6 Å². The first-order chi connectivity index (χ1) is 8.49. The Morgan fingerprint density at radius 2 is 2.06 bits per heavy atom. The summed E-state index contributed by atoms with van der Waals surface area (Å²) in [5.74, 6) is 0.128. The molecule has 4 nitrogen and oxygen atoms in total. The van der Waals surface area contributed by atoms with Crippen molar-refractivity contribution in [1.82, 2.24) is 4.90 Å². The Kier molecular flexibility index (Phi) is 2.54. The number of amides is 1. The van der Waals surface area contributed by atoms with E-state index in [0.29, 0.717) is 24.0 Å². The van der Waals surface area contributed by atoms with E-state index in [1.165, 1.54) is 18.2 Å². The molecule has 1 amide bonds. The van der Waals surface area contributed by atoms with Crippen LogP contribution in [-0.4, -0.2) is 39.7 Å². The molecule has 18 heavy (non-hydrogen) atoms. The number of phenols is 1. The second kappa shape index (κ2) is 3.87. The minimum Gasteiger partial charge on any atom is -0.508 e. The van der Waals surface area contributed by atoms with E-state index in [-0.39, 0.29) is 17.2 Å². The smallest absolute Gasteiger partial charge is 0.255 e. The number of halogens is 1. The molecule has 2 aliphatic rings. The molecule has 1 aromatic carbocycles. The first kappa shape index (κ1) is 11.8. The lowest BCUT2D eigenvalue weighted by molar-refractivity contribution is -0.0958. The number of carbonyl (C=O) groups excluding carboxylic acids is 1. The van der Waals surface area contributed by atoms with Gasteiger partial charge >= 0.3 is 0 Å². The number of aromatic hydroxyl groups is 1. The fraction of sp³-hybridized carbons (Fsp3) is 0.462. The van der Waals surface area contributed by atoms with Crippen molar-refractivity contribution >= 4 is 17.5 Å². The number of hydrogen-bond acceptors (Lipinski definition) is 3. The Bertz CT molecular complexity index is 507. The molecule has 0 aromatic heterocycles.